The fourth-order valence-electron chi connectivity index (χ4n) is 2.30. The Balaban J connectivity index is 2.02. The lowest BCUT2D eigenvalue weighted by molar-refractivity contribution is 0.438. The van der Waals surface area contributed by atoms with Gasteiger partial charge < -0.3 is 5.32 Å². The maximum absolute atomic E-state index is 9.03. The van der Waals surface area contributed by atoms with Gasteiger partial charge in [-0.3, -0.25) is 0 Å². The normalized spacial score (nSPS) is 20.8. The number of thioether (sulfide) groups is 1. The van der Waals surface area contributed by atoms with Crippen molar-refractivity contribution in [3.63, 3.8) is 0 Å². The Morgan fingerprint density at radius 1 is 1.29 bits per heavy atom. The van der Waals surface area contributed by atoms with Crippen LogP contribution in [0.5, 0.6) is 0 Å². The number of hydrogen-bond donors (Lipinski definition) is 1. The van der Waals surface area contributed by atoms with E-state index in [0.29, 0.717) is 0 Å². The summed E-state index contributed by atoms with van der Waals surface area (Å²) in [7, 11) is 1.87. The van der Waals surface area contributed by atoms with Gasteiger partial charge in [-0.05, 0) is 51.8 Å². The molecule has 0 aromatic heterocycles. The second-order valence-corrected chi connectivity index (χ2v) is 6.69. The van der Waals surface area contributed by atoms with Crippen molar-refractivity contribution in [3.8, 4) is 6.07 Å². The number of nitrogens with one attached hydrogen (secondary N) is 1. The van der Waals surface area contributed by atoms with Crippen LogP contribution in [0.15, 0.2) is 0 Å². The van der Waals surface area contributed by atoms with Crippen molar-refractivity contribution in [1.29, 1.82) is 5.26 Å². The van der Waals surface area contributed by atoms with E-state index in [2.05, 4.69) is 23.1 Å². The molecule has 3 heteroatoms. The zero-order valence-corrected chi connectivity index (χ0v) is 12.1. The van der Waals surface area contributed by atoms with Crippen molar-refractivity contribution in [2.75, 3.05) is 12.8 Å². The Morgan fingerprint density at radius 2 is 2.00 bits per heavy atom. The van der Waals surface area contributed by atoms with Crippen LogP contribution in [0.2, 0.25) is 0 Å². The third-order valence-corrected chi connectivity index (χ3v) is 5.24. The lowest BCUT2D eigenvalue weighted by Gasteiger charge is -2.22. The molecular formula is C14H26N2S. The van der Waals surface area contributed by atoms with Gasteiger partial charge in [0.15, 0.2) is 0 Å². The van der Waals surface area contributed by atoms with E-state index < -0.39 is 0 Å². The van der Waals surface area contributed by atoms with Gasteiger partial charge in [0.1, 0.15) is 5.54 Å². The Kier molecular flexibility index (Phi) is 6.99. The predicted molar refractivity (Wildman–Crippen MR) is 76.3 cm³/mol. The minimum Gasteiger partial charge on any atom is -0.303 e. The summed E-state index contributed by atoms with van der Waals surface area (Å²) in [5, 5.41) is 13.1. The molecular weight excluding hydrogens is 228 g/mol. The number of rotatable bonds is 7. The van der Waals surface area contributed by atoms with E-state index in [4.69, 9.17) is 5.26 Å². The first-order valence-electron chi connectivity index (χ1n) is 6.92. The highest BCUT2D eigenvalue weighted by Crippen LogP contribution is 2.29. The van der Waals surface area contributed by atoms with Crippen LogP contribution in [-0.4, -0.2) is 23.6 Å². The largest absolute Gasteiger partial charge is 0.303 e. The monoisotopic (exact) mass is 254 g/mol. The molecule has 1 rings (SSSR count). The fraction of sp³-hybridized carbons (Fsp3) is 0.929. The molecule has 1 fully saturated rings. The molecule has 0 saturated heterocycles. The molecule has 0 aliphatic heterocycles. The molecule has 1 saturated carbocycles. The molecule has 1 aliphatic rings. The first-order chi connectivity index (χ1) is 8.20. The van der Waals surface area contributed by atoms with E-state index in [1.165, 1.54) is 44.3 Å². The molecule has 0 bridgehead atoms. The van der Waals surface area contributed by atoms with E-state index in [9.17, 15) is 0 Å². The van der Waals surface area contributed by atoms with Gasteiger partial charge in [0.2, 0.25) is 0 Å². The Labute approximate surface area is 111 Å². The molecule has 1 unspecified atom stereocenters. The van der Waals surface area contributed by atoms with Crippen LogP contribution in [0, 0.1) is 11.3 Å². The molecule has 1 N–H and O–H groups in total. The Morgan fingerprint density at radius 3 is 2.59 bits per heavy atom. The van der Waals surface area contributed by atoms with Gasteiger partial charge in [-0.2, -0.15) is 17.0 Å². The zero-order chi connectivity index (χ0) is 12.6. The second kappa shape index (κ2) is 8.00. The van der Waals surface area contributed by atoms with Gasteiger partial charge in [-0.15, -0.1) is 0 Å². The van der Waals surface area contributed by atoms with Crippen LogP contribution >= 0.6 is 11.8 Å². The van der Waals surface area contributed by atoms with E-state index >= 15 is 0 Å². The quantitative estimate of drug-likeness (QED) is 0.703. The molecule has 2 nitrogen and oxygen atoms in total. The highest BCUT2D eigenvalue weighted by Gasteiger charge is 2.20. The smallest absolute Gasteiger partial charge is 0.103 e. The molecule has 0 spiro atoms. The second-order valence-electron chi connectivity index (χ2n) is 5.28. The summed E-state index contributed by atoms with van der Waals surface area (Å²) < 4.78 is 0. The summed E-state index contributed by atoms with van der Waals surface area (Å²) in [4.78, 5) is 0. The molecule has 1 aliphatic carbocycles. The number of nitrogens with zero attached hydrogens (tertiary/aromatic N) is 1. The van der Waals surface area contributed by atoms with E-state index in [1.807, 2.05) is 14.0 Å². The SMILES string of the molecule is CNC(C)(C#N)CCCCSC1CCCCC1. The third kappa shape index (κ3) is 5.79. The Bertz CT molecular complexity index is 243. The highest BCUT2D eigenvalue weighted by atomic mass is 32.2. The van der Waals surface area contributed by atoms with Crippen LogP contribution in [0.25, 0.3) is 0 Å². The van der Waals surface area contributed by atoms with E-state index in [-0.39, 0.29) is 5.54 Å². The molecule has 1 atom stereocenters. The average molecular weight is 254 g/mol. The van der Waals surface area contributed by atoms with Crippen LogP contribution in [-0.2, 0) is 0 Å². The highest BCUT2D eigenvalue weighted by molar-refractivity contribution is 7.99. The summed E-state index contributed by atoms with van der Waals surface area (Å²) in [5.41, 5.74) is -0.324. The third-order valence-electron chi connectivity index (χ3n) is 3.78. The summed E-state index contributed by atoms with van der Waals surface area (Å²) in [6, 6.07) is 2.35. The molecule has 0 aromatic rings. The molecule has 0 radical (unpaired) electrons. The van der Waals surface area contributed by atoms with Crippen molar-refractivity contribution in [2.24, 2.45) is 0 Å². The molecule has 98 valence electrons. The van der Waals surface area contributed by atoms with Crippen molar-refractivity contribution in [2.45, 2.75) is 69.1 Å². The van der Waals surface area contributed by atoms with Gasteiger partial charge in [0, 0.05) is 5.25 Å². The minimum atomic E-state index is -0.324. The zero-order valence-electron chi connectivity index (χ0n) is 11.3. The molecule has 0 heterocycles. The van der Waals surface area contributed by atoms with Gasteiger partial charge >= 0.3 is 0 Å². The standard InChI is InChI=1S/C14H26N2S/c1-14(12-15,16-2)10-6-7-11-17-13-8-4-3-5-9-13/h13,16H,3-11H2,1-2H3. The van der Waals surface area contributed by atoms with E-state index in [1.54, 1.807) is 0 Å². The summed E-state index contributed by atoms with van der Waals surface area (Å²) in [6.45, 7) is 1.99. The average Bonchev–Trinajstić information content (AvgIpc) is 2.39. The first kappa shape index (κ1) is 14.9. The molecule has 17 heavy (non-hydrogen) atoms. The Hall–Kier alpha value is -0.200. The number of nitriles is 1. The van der Waals surface area contributed by atoms with Gasteiger partial charge in [-0.25, -0.2) is 0 Å². The van der Waals surface area contributed by atoms with Crippen LogP contribution < -0.4 is 5.32 Å². The lowest BCUT2D eigenvalue weighted by atomic mass is 9.97. The van der Waals surface area contributed by atoms with E-state index in [0.717, 1.165) is 18.1 Å². The van der Waals surface area contributed by atoms with Crippen molar-refractivity contribution < 1.29 is 0 Å². The molecule has 0 amide bonds. The predicted octanol–water partition coefficient (Wildman–Crippen LogP) is 3.72. The van der Waals surface area contributed by atoms with Gasteiger partial charge in [-0.1, -0.05) is 19.3 Å². The number of unbranched alkanes of at least 4 members (excludes halogenated alkanes) is 1. The van der Waals surface area contributed by atoms with Gasteiger partial charge in [0.05, 0.1) is 6.07 Å². The minimum absolute atomic E-state index is 0.324. The topological polar surface area (TPSA) is 35.8 Å². The maximum atomic E-state index is 9.03. The molecule has 0 aromatic carbocycles. The van der Waals surface area contributed by atoms with Crippen LogP contribution in [0.3, 0.4) is 0 Å². The summed E-state index contributed by atoms with van der Waals surface area (Å²) >= 11 is 2.16. The van der Waals surface area contributed by atoms with Crippen LogP contribution in [0.1, 0.15) is 58.3 Å². The van der Waals surface area contributed by atoms with Gasteiger partial charge in [0.25, 0.3) is 0 Å². The first-order valence-corrected chi connectivity index (χ1v) is 7.97. The fourth-order valence-corrected chi connectivity index (χ4v) is 3.67. The summed E-state index contributed by atoms with van der Waals surface area (Å²) in [6.07, 6.45) is 10.5. The van der Waals surface area contributed by atoms with Crippen molar-refractivity contribution >= 4 is 11.8 Å². The van der Waals surface area contributed by atoms with Crippen molar-refractivity contribution in [3.05, 3.63) is 0 Å². The lowest BCUT2D eigenvalue weighted by Crippen LogP contribution is -2.37. The van der Waals surface area contributed by atoms with Crippen LogP contribution in [0.4, 0.5) is 0 Å². The summed E-state index contributed by atoms with van der Waals surface area (Å²) in [5.74, 6) is 1.27. The van der Waals surface area contributed by atoms with Crippen molar-refractivity contribution in [1.82, 2.24) is 5.32 Å². The maximum Gasteiger partial charge on any atom is 0.103 e. The number of hydrogen-bond acceptors (Lipinski definition) is 3.